The van der Waals surface area contributed by atoms with Crippen LogP contribution in [0.3, 0.4) is 0 Å². The number of carbonyl (C=O) groups is 1. The molecule has 2 aromatic rings. The van der Waals surface area contributed by atoms with Crippen molar-refractivity contribution in [2.45, 2.75) is 31.9 Å². The number of aromatic nitrogens is 1. The summed E-state index contributed by atoms with van der Waals surface area (Å²) in [6.07, 6.45) is 5.06. The molecule has 5 nitrogen and oxygen atoms in total. The molecule has 0 spiro atoms. The number of likely N-dealkylation sites (tertiary alicyclic amines) is 1. The molecule has 1 aromatic heterocycles. The molecule has 1 amide bonds. The van der Waals surface area contributed by atoms with E-state index in [0.717, 1.165) is 48.9 Å². The zero-order chi connectivity index (χ0) is 18.1. The number of hydrogen-bond donors (Lipinski definition) is 0. The van der Waals surface area contributed by atoms with Gasteiger partial charge in [-0.25, -0.2) is 4.39 Å². The molecule has 2 saturated heterocycles. The number of carbonyl (C=O) groups excluding carboxylic acids is 1. The average Bonchev–Trinajstić information content (AvgIpc) is 2.97. The zero-order valence-corrected chi connectivity index (χ0v) is 15.3. The van der Waals surface area contributed by atoms with E-state index in [1.165, 1.54) is 12.5 Å². The van der Waals surface area contributed by atoms with Crippen molar-refractivity contribution in [2.24, 2.45) is 7.05 Å². The van der Waals surface area contributed by atoms with E-state index >= 15 is 0 Å². The van der Waals surface area contributed by atoms with Gasteiger partial charge in [-0.05, 0) is 43.0 Å². The van der Waals surface area contributed by atoms with Gasteiger partial charge in [-0.15, -0.1) is 0 Å². The molecule has 2 aliphatic heterocycles. The van der Waals surface area contributed by atoms with Crippen molar-refractivity contribution in [3.63, 3.8) is 0 Å². The molecule has 3 heterocycles. The van der Waals surface area contributed by atoms with E-state index in [2.05, 4.69) is 11.1 Å². The summed E-state index contributed by atoms with van der Waals surface area (Å²) < 4.78 is 21.5. The van der Waals surface area contributed by atoms with Crippen molar-refractivity contribution in [3.8, 4) is 0 Å². The van der Waals surface area contributed by atoms with Gasteiger partial charge >= 0.3 is 0 Å². The van der Waals surface area contributed by atoms with Crippen molar-refractivity contribution >= 4 is 16.8 Å². The van der Waals surface area contributed by atoms with Gasteiger partial charge < -0.3 is 14.2 Å². The van der Waals surface area contributed by atoms with Crippen LogP contribution in [0.1, 0.15) is 24.8 Å². The minimum atomic E-state index is -0.381. The summed E-state index contributed by atoms with van der Waals surface area (Å²) in [6, 6.07) is 4.91. The summed E-state index contributed by atoms with van der Waals surface area (Å²) in [7, 11) is 1.98. The van der Waals surface area contributed by atoms with E-state index < -0.39 is 0 Å². The highest BCUT2D eigenvalue weighted by Gasteiger charge is 2.31. The smallest absolute Gasteiger partial charge is 0.253 e. The fourth-order valence-electron chi connectivity index (χ4n) is 4.13. The van der Waals surface area contributed by atoms with E-state index in [9.17, 15) is 9.18 Å². The summed E-state index contributed by atoms with van der Waals surface area (Å²) >= 11 is 0. The number of hydrogen-bond acceptors (Lipinski definition) is 3. The first-order valence-electron chi connectivity index (χ1n) is 9.48. The van der Waals surface area contributed by atoms with Gasteiger partial charge in [0, 0.05) is 56.9 Å². The van der Waals surface area contributed by atoms with Crippen LogP contribution in [0, 0.1) is 5.82 Å². The van der Waals surface area contributed by atoms with Gasteiger partial charge in [0.15, 0.2) is 0 Å². The highest BCUT2D eigenvalue weighted by Crippen LogP contribution is 2.24. The number of amides is 1. The van der Waals surface area contributed by atoms with Crippen molar-refractivity contribution in [1.82, 2.24) is 14.4 Å². The molecule has 0 N–H and O–H groups in total. The van der Waals surface area contributed by atoms with E-state index in [1.807, 2.05) is 22.6 Å². The maximum absolute atomic E-state index is 13.7. The topological polar surface area (TPSA) is 37.7 Å². The molecular formula is C20H26FN3O2. The van der Waals surface area contributed by atoms with Gasteiger partial charge in [0.2, 0.25) is 0 Å². The van der Waals surface area contributed by atoms with Gasteiger partial charge in [0.05, 0.1) is 6.61 Å². The second-order valence-corrected chi connectivity index (χ2v) is 7.41. The number of fused-ring (bicyclic) bond motifs is 1. The lowest BCUT2D eigenvalue weighted by molar-refractivity contribution is -0.150. The molecule has 0 unspecified atom stereocenters. The summed E-state index contributed by atoms with van der Waals surface area (Å²) in [5, 5.41) is 0.942. The first-order valence-corrected chi connectivity index (χ1v) is 9.48. The Morgan fingerprint density at radius 2 is 2.04 bits per heavy atom. The number of piperidine rings is 1. The maximum atomic E-state index is 13.7. The van der Waals surface area contributed by atoms with Crippen LogP contribution in [0.2, 0.25) is 0 Å². The fourth-order valence-corrected chi connectivity index (χ4v) is 4.13. The predicted octanol–water partition coefficient (Wildman–Crippen LogP) is 2.53. The van der Waals surface area contributed by atoms with Crippen molar-refractivity contribution in [3.05, 3.63) is 35.8 Å². The number of nitrogens with zero attached hydrogens (tertiary/aromatic N) is 3. The Kier molecular flexibility index (Phi) is 4.96. The SMILES string of the molecule is Cn1cc(CN2CCO[C@H](C(=O)N3CCCCC3)C2)c2cc(F)ccc21. The van der Waals surface area contributed by atoms with Crippen LogP contribution in [-0.2, 0) is 23.1 Å². The fraction of sp³-hybridized carbons (Fsp3) is 0.550. The van der Waals surface area contributed by atoms with Crippen LogP contribution in [-0.4, -0.2) is 59.2 Å². The first-order chi connectivity index (χ1) is 12.6. The molecule has 4 rings (SSSR count). The summed E-state index contributed by atoms with van der Waals surface area (Å²) in [6.45, 7) is 4.34. The lowest BCUT2D eigenvalue weighted by Crippen LogP contribution is -2.51. The molecule has 0 bridgehead atoms. The van der Waals surface area contributed by atoms with Gasteiger partial charge in [0.25, 0.3) is 5.91 Å². The second kappa shape index (κ2) is 7.37. The van der Waals surface area contributed by atoms with Crippen molar-refractivity contribution in [2.75, 3.05) is 32.8 Å². The number of morpholine rings is 1. The molecular weight excluding hydrogens is 333 g/mol. The minimum Gasteiger partial charge on any atom is -0.366 e. The predicted molar refractivity (Wildman–Crippen MR) is 98.3 cm³/mol. The number of benzene rings is 1. The van der Waals surface area contributed by atoms with Crippen LogP contribution in [0.5, 0.6) is 0 Å². The molecule has 26 heavy (non-hydrogen) atoms. The molecule has 6 heteroatoms. The first kappa shape index (κ1) is 17.5. The summed E-state index contributed by atoms with van der Waals surface area (Å²) in [5.41, 5.74) is 2.11. The van der Waals surface area contributed by atoms with Crippen LogP contribution in [0.25, 0.3) is 10.9 Å². The highest BCUT2D eigenvalue weighted by atomic mass is 19.1. The Hall–Kier alpha value is -1.92. The maximum Gasteiger partial charge on any atom is 0.253 e. The standard InChI is InChI=1S/C20H26FN3O2/c1-22-12-15(17-11-16(21)5-6-18(17)22)13-23-9-10-26-19(14-23)20(25)24-7-3-2-4-8-24/h5-6,11-12,19H,2-4,7-10,13-14H2,1H3/t19-/m0/s1. The Morgan fingerprint density at radius 1 is 1.23 bits per heavy atom. The van der Waals surface area contributed by atoms with E-state index in [1.54, 1.807) is 6.07 Å². The van der Waals surface area contributed by atoms with E-state index in [-0.39, 0.29) is 17.8 Å². The third-order valence-electron chi connectivity index (χ3n) is 5.52. The van der Waals surface area contributed by atoms with Crippen molar-refractivity contribution < 1.29 is 13.9 Å². The lowest BCUT2D eigenvalue weighted by Gasteiger charge is -2.36. The van der Waals surface area contributed by atoms with Crippen molar-refractivity contribution in [1.29, 1.82) is 0 Å². The van der Waals surface area contributed by atoms with Crippen LogP contribution >= 0.6 is 0 Å². The van der Waals surface area contributed by atoms with Crippen LogP contribution in [0.15, 0.2) is 24.4 Å². The molecule has 1 atom stereocenters. The Morgan fingerprint density at radius 3 is 2.85 bits per heavy atom. The molecule has 1 aromatic carbocycles. The molecule has 2 fully saturated rings. The Labute approximate surface area is 153 Å². The number of halogens is 1. The van der Waals surface area contributed by atoms with Gasteiger partial charge in [-0.2, -0.15) is 0 Å². The Bertz CT molecular complexity index is 798. The van der Waals surface area contributed by atoms with Crippen LogP contribution < -0.4 is 0 Å². The zero-order valence-electron chi connectivity index (χ0n) is 15.3. The minimum absolute atomic E-state index is 0.123. The van der Waals surface area contributed by atoms with Gasteiger partial charge in [0.1, 0.15) is 11.9 Å². The Balaban J connectivity index is 1.47. The molecule has 140 valence electrons. The van der Waals surface area contributed by atoms with E-state index in [0.29, 0.717) is 19.7 Å². The second-order valence-electron chi connectivity index (χ2n) is 7.41. The molecule has 0 radical (unpaired) electrons. The largest absolute Gasteiger partial charge is 0.366 e. The van der Waals surface area contributed by atoms with Gasteiger partial charge in [-0.1, -0.05) is 0 Å². The quantitative estimate of drug-likeness (QED) is 0.845. The van der Waals surface area contributed by atoms with Gasteiger partial charge in [-0.3, -0.25) is 9.69 Å². The third kappa shape index (κ3) is 3.48. The lowest BCUT2D eigenvalue weighted by atomic mass is 10.1. The van der Waals surface area contributed by atoms with E-state index in [4.69, 9.17) is 4.74 Å². The third-order valence-corrected chi connectivity index (χ3v) is 5.52. The summed E-state index contributed by atoms with van der Waals surface area (Å²) in [5.74, 6) is -0.0940. The number of ether oxygens (including phenoxy) is 1. The normalized spacial score (nSPS) is 22.1. The monoisotopic (exact) mass is 359 g/mol. The number of rotatable bonds is 3. The molecule has 0 aliphatic carbocycles. The molecule has 0 saturated carbocycles. The average molecular weight is 359 g/mol. The summed E-state index contributed by atoms with van der Waals surface area (Å²) in [4.78, 5) is 16.9. The number of aryl methyl sites for hydroxylation is 1. The molecule has 2 aliphatic rings. The highest BCUT2D eigenvalue weighted by molar-refractivity contribution is 5.84. The van der Waals surface area contributed by atoms with Crippen LogP contribution in [0.4, 0.5) is 4.39 Å².